The van der Waals surface area contributed by atoms with Crippen molar-refractivity contribution in [1.82, 2.24) is 10.6 Å². The normalized spacial score (nSPS) is 13.3. The molecular formula is C18H24N2O3S. The van der Waals surface area contributed by atoms with Crippen LogP contribution in [0.15, 0.2) is 40.8 Å². The second kappa shape index (κ2) is 8.68. The number of carbonyl (C=O) groups is 1. The molecule has 1 aromatic heterocycles. The van der Waals surface area contributed by atoms with Crippen molar-refractivity contribution < 1.29 is 13.4 Å². The average Bonchev–Trinajstić information content (AvgIpc) is 2.87. The Labute approximate surface area is 145 Å². The summed E-state index contributed by atoms with van der Waals surface area (Å²) in [6.45, 7) is 6.04. The Morgan fingerprint density at radius 3 is 2.58 bits per heavy atom. The Balaban J connectivity index is 1.71. The fourth-order valence-corrected chi connectivity index (χ4v) is 3.55. The number of urea groups is 1. The van der Waals surface area contributed by atoms with Gasteiger partial charge in [-0.3, -0.25) is 4.21 Å². The van der Waals surface area contributed by atoms with Crippen molar-refractivity contribution in [3.8, 4) is 0 Å². The lowest BCUT2D eigenvalue weighted by atomic mass is 10.1. The van der Waals surface area contributed by atoms with Crippen molar-refractivity contribution in [3.63, 3.8) is 0 Å². The number of nitrogens with one attached hydrogen (secondary N) is 2. The van der Waals surface area contributed by atoms with Crippen LogP contribution in [0.2, 0.25) is 0 Å². The maximum absolute atomic E-state index is 12.0. The maximum Gasteiger partial charge on any atom is 0.315 e. The number of amides is 2. The first-order valence-electron chi connectivity index (χ1n) is 7.96. The summed E-state index contributed by atoms with van der Waals surface area (Å²) in [5, 5.41) is 5.62. The molecule has 6 heteroatoms. The second-order valence-electron chi connectivity index (χ2n) is 5.76. The lowest BCUT2D eigenvalue weighted by molar-refractivity contribution is 0.238. The van der Waals surface area contributed by atoms with Crippen LogP contribution in [-0.2, 0) is 16.6 Å². The monoisotopic (exact) mass is 348 g/mol. The largest absolute Gasteiger partial charge is 0.466 e. The minimum absolute atomic E-state index is 0.141. The maximum atomic E-state index is 12.0. The van der Waals surface area contributed by atoms with Crippen molar-refractivity contribution >= 4 is 16.8 Å². The number of hydrogen-bond acceptors (Lipinski definition) is 3. The number of carbonyl (C=O) groups excluding carboxylic acids is 1. The van der Waals surface area contributed by atoms with Gasteiger partial charge in [0.2, 0.25) is 0 Å². The summed E-state index contributed by atoms with van der Waals surface area (Å²) >= 11 is 0. The molecule has 0 bridgehead atoms. The van der Waals surface area contributed by atoms with Gasteiger partial charge in [-0.05, 0) is 32.4 Å². The standard InChI is InChI=1S/C18H24N2O3S/c1-13-11-17(15(3)23-13)14(2)20-18(21)19-9-10-24(22)12-16-7-5-4-6-8-16/h4-8,11,14H,9-10,12H2,1-3H3,(H2,19,20,21). The van der Waals surface area contributed by atoms with Crippen LogP contribution in [0.5, 0.6) is 0 Å². The zero-order valence-electron chi connectivity index (χ0n) is 14.3. The molecule has 2 aromatic rings. The Kier molecular flexibility index (Phi) is 6.61. The summed E-state index contributed by atoms with van der Waals surface area (Å²) in [4.78, 5) is 11.9. The van der Waals surface area contributed by atoms with E-state index >= 15 is 0 Å². The van der Waals surface area contributed by atoms with Gasteiger partial charge in [-0.15, -0.1) is 0 Å². The molecule has 0 aliphatic heterocycles. The minimum atomic E-state index is -0.994. The summed E-state index contributed by atoms with van der Waals surface area (Å²) in [7, 11) is -0.994. The molecule has 2 atom stereocenters. The fraction of sp³-hybridized carbons (Fsp3) is 0.389. The highest BCUT2D eigenvalue weighted by Crippen LogP contribution is 2.20. The number of rotatable bonds is 7. The lowest BCUT2D eigenvalue weighted by Crippen LogP contribution is -2.38. The second-order valence-corrected chi connectivity index (χ2v) is 7.34. The van der Waals surface area contributed by atoms with Gasteiger partial charge in [0.05, 0.1) is 6.04 Å². The molecule has 0 spiro atoms. The van der Waals surface area contributed by atoms with Crippen molar-refractivity contribution in [1.29, 1.82) is 0 Å². The van der Waals surface area contributed by atoms with E-state index in [1.165, 1.54) is 0 Å². The highest BCUT2D eigenvalue weighted by Gasteiger charge is 2.14. The number of furan rings is 1. The van der Waals surface area contributed by atoms with E-state index in [1.807, 2.05) is 57.2 Å². The zero-order chi connectivity index (χ0) is 17.5. The average molecular weight is 348 g/mol. The van der Waals surface area contributed by atoms with Crippen LogP contribution in [0.4, 0.5) is 4.79 Å². The van der Waals surface area contributed by atoms with Crippen LogP contribution < -0.4 is 10.6 Å². The van der Waals surface area contributed by atoms with Gasteiger partial charge in [-0.2, -0.15) is 0 Å². The number of benzene rings is 1. The van der Waals surface area contributed by atoms with Gasteiger partial charge in [0.1, 0.15) is 11.5 Å². The molecule has 0 aliphatic carbocycles. The molecule has 5 nitrogen and oxygen atoms in total. The molecule has 130 valence electrons. The predicted octanol–water partition coefficient (Wildman–Crippen LogP) is 3.21. The highest BCUT2D eigenvalue weighted by molar-refractivity contribution is 7.84. The predicted molar refractivity (Wildman–Crippen MR) is 96.3 cm³/mol. The van der Waals surface area contributed by atoms with Crippen LogP contribution in [-0.4, -0.2) is 22.5 Å². The first-order chi connectivity index (χ1) is 11.5. The molecule has 0 radical (unpaired) electrons. The smallest absolute Gasteiger partial charge is 0.315 e. The Morgan fingerprint density at radius 2 is 1.96 bits per heavy atom. The van der Waals surface area contributed by atoms with Gasteiger partial charge in [0.15, 0.2) is 0 Å². The Hall–Kier alpha value is -2.08. The summed E-state index contributed by atoms with van der Waals surface area (Å²) in [6, 6.07) is 11.2. The third-order valence-corrected chi connectivity index (χ3v) is 4.99. The lowest BCUT2D eigenvalue weighted by Gasteiger charge is -2.14. The Morgan fingerprint density at radius 1 is 1.25 bits per heavy atom. The molecule has 2 N–H and O–H groups in total. The van der Waals surface area contributed by atoms with E-state index in [2.05, 4.69) is 10.6 Å². The SMILES string of the molecule is Cc1cc(C(C)NC(=O)NCCS(=O)Cc2ccccc2)c(C)o1. The molecule has 1 aromatic carbocycles. The molecule has 2 amide bonds. The van der Waals surface area contributed by atoms with E-state index in [-0.39, 0.29) is 12.1 Å². The summed E-state index contributed by atoms with van der Waals surface area (Å²) in [6.07, 6.45) is 0. The fourth-order valence-electron chi connectivity index (χ4n) is 2.52. The minimum Gasteiger partial charge on any atom is -0.466 e. The van der Waals surface area contributed by atoms with Gasteiger partial charge < -0.3 is 15.1 Å². The van der Waals surface area contributed by atoms with E-state index in [1.54, 1.807) is 0 Å². The van der Waals surface area contributed by atoms with Crippen molar-refractivity contribution in [3.05, 3.63) is 59.0 Å². The van der Waals surface area contributed by atoms with Crippen molar-refractivity contribution in [2.45, 2.75) is 32.6 Å². The summed E-state index contributed by atoms with van der Waals surface area (Å²) < 4.78 is 17.5. The number of aryl methyl sites for hydroxylation is 2. The van der Waals surface area contributed by atoms with Crippen LogP contribution in [0.1, 0.15) is 35.6 Å². The van der Waals surface area contributed by atoms with Gasteiger partial charge in [0.25, 0.3) is 0 Å². The molecule has 0 aliphatic rings. The van der Waals surface area contributed by atoms with Crippen molar-refractivity contribution in [2.24, 2.45) is 0 Å². The zero-order valence-corrected chi connectivity index (χ0v) is 15.1. The molecular weight excluding hydrogens is 324 g/mol. The quantitative estimate of drug-likeness (QED) is 0.807. The van der Waals surface area contributed by atoms with E-state index in [0.717, 1.165) is 22.6 Å². The third kappa shape index (κ3) is 5.53. The van der Waals surface area contributed by atoms with Gasteiger partial charge in [0, 0.05) is 34.4 Å². The molecule has 0 saturated heterocycles. The van der Waals surface area contributed by atoms with Crippen LogP contribution in [0.3, 0.4) is 0 Å². The van der Waals surface area contributed by atoms with Gasteiger partial charge in [-0.25, -0.2) is 4.79 Å². The Bertz CT molecular complexity index is 698. The summed E-state index contributed by atoms with van der Waals surface area (Å²) in [5.41, 5.74) is 2.01. The first kappa shape index (κ1) is 18.3. The molecule has 2 rings (SSSR count). The summed E-state index contributed by atoms with van der Waals surface area (Å²) in [5.74, 6) is 2.58. The van der Waals surface area contributed by atoms with Crippen LogP contribution >= 0.6 is 0 Å². The van der Waals surface area contributed by atoms with Crippen LogP contribution in [0.25, 0.3) is 0 Å². The van der Waals surface area contributed by atoms with Crippen LogP contribution in [0, 0.1) is 13.8 Å². The molecule has 24 heavy (non-hydrogen) atoms. The topological polar surface area (TPSA) is 71.3 Å². The first-order valence-corrected chi connectivity index (χ1v) is 9.44. The molecule has 2 unspecified atom stereocenters. The molecule has 0 fully saturated rings. The van der Waals surface area contributed by atoms with E-state index in [0.29, 0.717) is 18.1 Å². The number of hydrogen-bond donors (Lipinski definition) is 2. The van der Waals surface area contributed by atoms with E-state index in [4.69, 9.17) is 4.42 Å². The molecule has 1 heterocycles. The highest BCUT2D eigenvalue weighted by atomic mass is 32.2. The van der Waals surface area contributed by atoms with Crippen molar-refractivity contribution in [2.75, 3.05) is 12.3 Å². The molecule has 0 saturated carbocycles. The van der Waals surface area contributed by atoms with E-state index in [9.17, 15) is 9.00 Å². The van der Waals surface area contributed by atoms with Gasteiger partial charge in [-0.1, -0.05) is 30.3 Å². The van der Waals surface area contributed by atoms with E-state index < -0.39 is 10.8 Å². The van der Waals surface area contributed by atoms with Gasteiger partial charge >= 0.3 is 6.03 Å². The third-order valence-electron chi connectivity index (χ3n) is 3.68.